The van der Waals surface area contributed by atoms with Gasteiger partial charge in [-0.2, -0.15) is 0 Å². The van der Waals surface area contributed by atoms with Gasteiger partial charge in [-0.05, 0) is 52.4 Å². The maximum atomic E-state index is 10.7. The molecule has 0 bridgehead atoms. The summed E-state index contributed by atoms with van der Waals surface area (Å²) in [5.74, 6) is 0. The molecule has 170 valence electrons. The predicted octanol–water partition coefficient (Wildman–Crippen LogP) is 0.536. The minimum Gasteiger partial charge on any atom is -0.394 e. The molecule has 0 radical (unpaired) electrons. The number of ether oxygens (including phenoxy) is 2. The van der Waals surface area contributed by atoms with Gasteiger partial charge in [-0.15, -0.1) is 37.2 Å². The molecule has 3 fully saturated rings. The van der Waals surface area contributed by atoms with Gasteiger partial charge in [0.05, 0.1) is 25.4 Å². The molecule has 7 nitrogen and oxygen atoms in total. The maximum absolute atomic E-state index is 10.7. The van der Waals surface area contributed by atoms with E-state index >= 15 is 0 Å². The predicted molar refractivity (Wildman–Crippen MR) is 117 cm³/mol. The van der Waals surface area contributed by atoms with Gasteiger partial charge in [0.25, 0.3) is 0 Å². The number of halogens is 3. The lowest BCUT2D eigenvalue weighted by molar-refractivity contribution is -0.0222. The molecule has 5 atom stereocenters. The van der Waals surface area contributed by atoms with Gasteiger partial charge in [0.1, 0.15) is 12.2 Å². The van der Waals surface area contributed by atoms with Gasteiger partial charge in [0, 0.05) is 25.7 Å². The smallest absolute Gasteiger partial charge is 0.109 e. The summed E-state index contributed by atoms with van der Waals surface area (Å²) < 4.78 is 11.4. The first-order chi connectivity index (χ1) is 12.1. The fraction of sp³-hybridized carbons (Fsp3) is 1.00. The van der Waals surface area contributed by atoms with Crippen LogP contribution in [0.3, 0.4) is 0 Å². The lowest BCUT2D eigenvalue weighted by Crippen LogP contribution is -2.54. The third-order valence-corrected chi connectivity index (χ3v) is 6.13. The Bertz CT molecular complexity index is 420. The van der Waals surface area contributed by atoms with E-state index in [1.165, 1.54) is 0 Å². The first-order valence-electron chi connectivity index (χ1n) is 9.75. The molecule has 3 aliphatic heterocycles. The average Bonchev–Trinajstić information content (AvgIpc) is 3.18. The van der Waals surface area contributed by atoms with E-state index in [1.807, 2.05) is 0 Å². The van der Waals surface area contributed by atoms with Crippen molar-refractivity contribution >= 4 is 37.2 Å². The Morgan fingerprint density at radius 1 is 1.07 bits per heavy atom. The van der Waals surface area contributed by atoms with Crippen LogP contribution in [-0.4, -0.2) is 110 Å². The molecule has 0 saturated carbocycles. The number of aliphatic hydroxyl groups excluding tert-OH is 2. The number of likely N-dealkylation sites (tertiary alicyclic amines) is 2. The molecular formula is C18H38Cl3N3O4. The standard InChI is InChI=1S/C18H35N3O4.3ClH/c1-20-8-5-13(6-9-20)19-10-15-17(18(23)16(11-22)25-15)21-7-3-4-14(21)12-24-2;;;/h13-19,22-23H,3-12H2,1-2H3;3*1H/t14-,15-,16+,17+,18-;;;/m1.../s1. The first kappa shape index (κ1) is 28.6. The van der Waals surface area contributed by atoms with E-state index in [9.17, 15) is 10.2 Å². The van der Waals surface area contributed by atoms with Gasteiger partial charge >= 0.3 is 0 Å². The molecule has 0 amide bonds. The summed E-state index contributed by atoms with van der Waals surface area (Å²) in [4.78, 5) is 4.71. The maximum Gasteiger partial charge on any atom is 0.109 e. The Morgan fingerprint density at radius 3 is 2.36 bits per heavy atom. The third-order valence-electron chi connectivity index (χ3n) is 6.13. The molecule has 0 aliphatic carbocycles. The summed E-state index contributed by atoms with van der Waals surface area (Å²) in [5, 5.41) is 24.0. The van der Waals surface area contributed by atoms with Crippen LogP contribution in [0.5, 0.6) is 0 Å². The van der Waals surface area contributed by atoms with Crippen LogP contribution in [0.25, 0.3) is 0 Å². The molecule has 28 heavy (non-hydrogen) atoms. The van der Waals surface area contributed by atoms with Gasteiger partial charge in [0.2, 0.25) is 0 Å². The second-order valence-corrected chi connectivity index (χ2v) is 7.85. The van der Waals surface area contributed by atoms with E-state index in [1.54, 1.807) is 7.11 Å². The molecule has 0 aromatic heterocycles. The molecule has 3 N–H and O–H groups in total. The van der Waals surface area contributed by atoms with Crippen LogP contribution in [0.1, 0.15) is 25.7 Å². The van der Waals surface area contributed by atoms with Crippen LogP contribution >= 0.6 is 37.2 Å². The summed E-state index contributed by atoms with van der Waals surface area (Å²) in [7, 11) is 3.89. The zero-order chi connectivity index (χ0) is 17.8. The second kappa shape index (κ2) is 13.8. The molecule has 3 rings (SSSR count). The normalized spacial score (nSPS) is 34.5. The summed E-state index contributed by atoms with van der Waals surface area (Å²) >= 11 is 0. The minimum absolute atomic E-state index is 0. The van der Waals surface area contributed by atoms with E-state index in [0.29, 0.717) is 18.7 Å². The number of nitrogens with zero attached hydrogens (tertiary/aromatic N) is 2. The molecule has 10 heteroatoms. The van der Waals surface area contributed by atoms with Crippen molar-refractivity contribution in [3.63, 3.8) is 0 Å². The monoisotopic (exact) mass is 465 g/mol. The highest BCUT2D eigenvalue weighted by molar-refractivity contribution is 5.86. The van der Waals surface area contributed by atoms with E-state index in [0.717, 1.165) is 51.9 Å². The highest BCUT2D eigenvalue weighted by Gasteiger charge is 2.48. The highest BCUT2D eigenvalue weighted by atomic mass is 35.5. The number of nitrogens with one attached hydrogen (secondary N) is 1. The molecule has 0 aromatic carbocycles. The Labute approximate surface area is 187 Å². The molecule has 3 aliphatic rings. The summed E-state index contributed by atoms with van der Waals surface area (Å²) in [6.45, 7) is 4.48. The number of aliphatic hydroxyl groups is 2. The van der Waals surface area contributed by atoms with E-state index in [-0.39, 0.29) is 56.0 Å². The van der Waals surface area contributed by atoms with Crippen molar-refractivity contribution in [3.8, 4) is 0 Å². The molecule has 0 unspecified atom stereocenters. The molecule has 3 saturated heterocycles. The zero-order valence-corrected chi connectivity index (χ0v) is 19.3. The van der Waals surface area contributed by atoms with Crippen LogP contribution in [0, 0.1) is 0 Å². The molecule has 3 heterocycles. The number of methoxy groups -OCH3 is 1. The van der Waals surface area contributed by atoms with Crippen molar-refractivity contribution in [1.29, 1.82) is 0 Å². The Morgan fingerprint density at radius 2 is 1.75 bits per heavy atom. The van der Waals surface area contributed by atoms with Gasteiger partial charge in [-0.1, -0.05) is 0 Å². The van der Waals surface area contributed by atoms with Crippen molar-refractivity contribution in [1.82, 2.24) is 15.1 Å². The summed E-state index contributed by atoms with van der Waals surface area (Å²) in [6, 6.07) is 0.772. The Kier molecular flexibility index (Phi) is 14.1. The summed E-state index contributed by atoms with van der Waals surface area (Å²) in [5.41, 5.74) is 0. The average molecular weight is 467 g/mol. The fourth-order valence-corrected chi connectivity index (χ4v) is 4.67. The highest BCUT2D eigenvalue weighted by Crippen LogP contribution is 2.31. The van der Waals surface area contributed by atoms with Crippen LogP contribution in [0.4, 0.5) is 0 Å². The second-order valence-electron chi connectivity index (χ2n) is 7.85. The fourth-order valence-electron chi connectivity index (χ4n) is 4.67. The minimum atomic E-state index is -0.647. The number of piperidine rings is 1. The lowest BCUT2D eigenvalue weighted by atomic mass is 10.0. The third kappa shape index (κ3) is 6.80. The zero-order valence-electron chi connectivity index (χ0n) is 16.9. The number of hydrogen-bond donors (Lipinski definition) is 3. The van der Waals surface area contributed by atoms with Gasteiger partial charge in [-0.3, -0.25) is 4.90 Å². The largest absolute Gasteiger partial charge is 0.394 e. The van der Waals surface area contributed by atoms with Crippen LogP contribution < -0.4 is 5.32 Å². The number of rotatable bonds is 7. The van der Waals surface area contributed by atoms with Gasteiger partial charge in [-0.25, -0.2) is 0 Å². The van der Waals surface area contributed by atoms with E-state index < -0.39 is 12.2 Å². The number of hydrogen-bond acceptors (Lipinski definition) is 7. The van der Waals surface area contributed by atoms with Crippen molar-refractivity contribution in [2.24, 2.45) is 0 Å². The Hall–Kier alpha value is 0.590. The SMILES string of the molecule is COC[C@H]1CCCN1[C@@H]1[C@H](O)[C@H](CO)O[C@@H]1CNC1CCN(C)CC1.Cl.Cl.Cl. The van der Waals surface area contributed by atoms with E-state index in [2.05, 4.69) is 22.2 Å². The van der Waals surface area contributed by atoms with Gasteiger partial charge in [0.15, 0.2) is 0 Å². The molecule has 0 aromatic rings. The summed E-state index contributed by atoms with van der Waals surface area (Å²) in [6.07, 6.45) is 3.28. The Balaban J connectivity index is 0.00000243. The van der Waals surface area contributed by atoms with Crippen LogP contribution in [-0.2, 0) is 9.47 Å². The van der Waals surface area contributed by atoms with E-state index in [4.69, 9.17) is 9.47 Å². The van der Waals surface area contributed by atoms with Crippen LogP contribution in [0.2, 0.25) is 0 Å². The molecular weight excluding hydrogens is 429 g/mol. The van der Waals surface area contributed by atoms with Crippen molar-refractivity contribution in [2.75, 3.05) is 53.6 Å². The van der Waals surface area contributed by atoms with Crippen molar-refractivity contribution in [2.45, 2.75) is 62.1 Å². The lowest BCUT2D eigenvalue weighted by Gasteiger charge is -2.36. The molecule has 0 spiro atoms. The first-order valence-corrected chi connectivity index (χ1v) is 9.75. The van der Waals surface area contributed by atoms with Crippen LogP contribution in [0.15, 0.2) is 0 Å². The van der Waals surface area contributed by atoms with Crippen molar-refractivity contribution < 1.29 is 19.7 Å². The van der Waals surface area contributed by atoms with Crippen molar-refractivity contribution in [3.05, 3.63) is 0 Å². The topological polar surface area (TPSA) is 77.4 Å². The quantitative estimate of drug-likeness (QED) is 0.505. The van der Waals surface area contributed by atoms with Gasteiger partial charge < -0.3 is 29.9 Å².